The molecule has 1 aromatic rings. The van der Waals surface area contributed by atoms with E-state index in [1.165, 1.54) is 0 Å². The van der Waals surface area contributed by atoms with Crippen molar-refractivity contribution in [3.8, 4) is 5.75 Å². The molecule has 0 spiro atoms. The zero-order chi connectivity index (χ0) is 14.3. The van der Waals surface area contributed by atoms with Crippen molar-refractivity contribution in [1.29, 1.82) is 0 Å². The van der Waals surface area contributed by atoms with Crippen molar-refractivity contribution in [3.05, 3.63) is 36.0 Å². The Kier molecular flexibility index (Phi) is 6.06. The summed E-state index contributed by atoms with van der Waals surface area (Å²) in [7, 11) is 1.66. The van der Waals surface area contributed by atoms with E-state index in [2.05, 4.69) is 38.0 Å². The highest BCUT2D eigenvalue weighted by molar-refractivity contribution is 5.50. The van der Waals surface area contributed by atoms with Gasteiger partial charge in [0.1, 0.15) is 5.75 Å². The highest BCUT2D eigenvalue weighted by Gasteiger charge is 2.09. The van der Waals surface area contributed by atoms with Gasteiger partial charge in [0.05, 0.1) is 13.3 Å². The summed E-state index contributed by atoms with van der Waals surface area (Å²) in [5, 5.41) is 10.3. The molecule has 0 saturated heterocycles. The maximum absolute atomic E-state index is 5.11. The van der Waals surface area contributed by atoms with Gasteiger partial charge in [0.15, 0.2) is 0 Å². The number of benzene rings is 1. The molecule has 19 heavy (non-hydrogen) atoms. The van der Waals surface area contributed by atoms with Gasteiger partial charge in [-0.15, -0.1) is 5.11 Å². The molecule has 0 aromatic heterocycles. The number of hydrogen-bond donors (Lipinski definition) is 0. The van der Waals surface area contributed by atoms with E-state index in [0.29, 0.717) is 12.1 Å². The molecule has 4 heteroatoms. The summed E-state index contributed by atoms with van der Waals surface area (Å²) in [4.78, 5) is 0. The van der Waals surface area contributed by atoms with Crippen LogP contribution in [0.2, 0.25) is 0 Å². The van der Waals surface area contributed by atoms with Gasteiger partial charge in [0, 0.05) is 12.1 Å². The van der Waals surface area contributed by atoms with E-state index < -0.39 is 0 Å². The fourth-order valence-corrected chi connectivity index (χ4v) is 1.73. The molecule has 0 saturated carbocycles. The third-order valence-electron chi connectivity index (χ3n) is 2.66. The molecule has 0 aliphatic rings. The average molecular weight is 261 g/mol. The lowest BCUT2D eigenvalue weighted by Crippen LogP contribution is -2.31. The first kappa shape index (κ1) is 15.2. The summed E-state index contributed by atoms with van der Waals surface area (Å²) >= 11 is 0. The normalized spacial score (nSPS) is 11.9. The second-order valence-electron chi connectivity index (χ2n) is 4.86. The van der Waals surface area contributed by atoms with E-state index >= 15 is 0 Å². The predicted molar refractivity (Wildman–Crippen MR) is 79.0 cm³/mol. The van der Waals surface area contributed by atoms with Crippen LogP contribution in [0.5, 0.6) is 5.75 Å². The van der Waals surface area contributed by atoms with Crippen LogP contribution in [0.1, 0.15) is 33.3 Å². The van der Waals surface area contributed by atoms with Crippen LogP contribution in [0.3, 0.4) is 0 Å². The molecule has 0 N–H and O–H groups in total. The van der Waals surface area contributed by atoms with Crippen molar-refractivity contribution < 1.29 is 4.74 Å². The Morgan fingerprint density at radius 1 is 1.05 bits per heavy atom. The van der Waals surface area contributed by atoms with E-state index in [-0.39, 0.29) is 0 Å². The zero-order valence-corrected chi connectivity index (χ0v) is 12.4. The lowest BCUT2D eigenvalue weighted by molar-refractivity contribution is 0.169. The first-order valence-corrected chi connectivity index (χ1v) is 6.54. The highest BCUT2D eigenvalue weighted by Crippen LogP contribution is 2.12. The topological polar surface area (TPSA) is 37.2 Å². The summed E-state index contributed by atoms with van der Waals surface area (Å²) in [5.74, 6) is 0.851. The van der Waals surface area contributed by atoms with Crippen LogP contribution in [-0.2, 0) is 0 Å². The van der Waals surface area contributed by atoms with Crippen molar-refractivity contribution in [2.45, 2.75) is 39.8 Å². The van der Waals surface area contributed by atoms with Gasteiger partial charge in [-0.2, -0.15) is 0 Å². The quantitative estimate of drug-likeness (QED) is 0.569. The van der Waals surface area contributed by atoms with E-state index in [1.54, 1.807) is 13.3 Å². The molecule has 0 atom stereocenters. The van der Waals surface area contributed by atoms with E-state index in [0.717, 1.165) is 11.3 Å². The molecule has 1 aromatic carbocycles. The number of rotatable bonds is 6. The van der Waals surface area contributed by atoms with Crippen LogP contribution < -0.4 is 4.74 Å². The minimum absolute atomic E-state index is 0.345. The van der Waals surface area contributed by atoms with Crippen LogP contribution in [-0.4, -0.2) is 24.2 Å². The van der Waals surface area contributed by atoms with Crippen LogP contribution in [0.15, 0.2) is 40.8 Å². The lowest BCUT2D eigenvalue weighted by Gasteiger charge is -2.25. The molecule has 0 fully saturated rings. The Labute approximate surface area is 115 Å². The average Bonchev–Trinajstić information content (AvgIpc) is 2.38. The number of methoxy groups -OCH3 is 1. The van der Waals surface area contributed by atoms with E-state index in [1.807, 2.05) is 35.4 Å². The van der Waals surface area contributed by atoms with Gasteiger partial charge in [-0.25, -0.2) is 0 Å². The van der Waals surface area contributed by atoms with Gasteiger partial charge in [-0.1, -0.05) is 17.4 Å². The second-order valence-corrected chi connectivity index (χ2v) is 4.86. The monoisotopic (exact) mass is 261 g/mol. The standard InChI is InChI=1S/C15H23N3O/c1-12(2)18(13(3)4)17-16-11-10-14-6-8-15(19-5)9-7-14/h6-13H,1-5H3. The van der Waals surface area contributed by atoms with Crippen molar-refractivity contribution in [2.75, 3.05) is 7.11 Å². The maximum atomic E-state index is 5.11. The minimum atomic E-state index is 0.345. The molecular weight excluding hydrogens is 238 g/mol. The highest BCUT2D eigenvalue weighted by atomic mass is 16.5. The molecule has 0 unspecified atom stereocenters. The summed E-state index contributed by atoms with van der Waals surface area (Å²) in [5.41, 5.74) is 1.07. The molecule has 0 radical (unpaired) electrons. The van der Waals surface area contributed by atoms with Gasteiger partial charge < -0.3 is 4.74 Å². The molecule has 0 bridgehead atoms. The molecule has 104 valence electrons. The largest absolute Gasteiger partial charge is 0.497 e. The Morgan fingerprint density at radius 2 is 1.63 bits per heavy atom. The fraction of sp³-hybridized carbons (Fsp3) is 0.467. The van der Waals surface area contributed by atoms with Crippen molar-refractivity contribution >= 4 is 6.08 Å². The molecule has 0 heterocycles. The fourth-order valence-electron chi connectivity index (χ4n) is 1.73. The van der Waals surface area contributed by atoms with Gasteiger partial charge in [-0.3, -0.25) is 5.01 Å². The summed E-state index contributed by atoms with van der Waals surface area (Å²) in [6, 6.07) is 8.49. The van der Waals surface area contributed by atoms with E-state index in [4.69, 9.17) is 4.74 Å². The van der Waals surface area contributed by atoms with Gasteiger partial charge in [-0.05, 0) is 51.5 Å². The van der Waals surface area contributed by atoms with Crippen LogP contribution in [0.4, 0.5) is 0 Å². The van der Waals surface area contributed by atoms with Crippen LogP contribution in [0, 0.1) is 0 Å². The number of ether oxygens (including phenoxy) is 1. The Balaban J connectivity index is 2.61. The Hall–Kier alpha value is -1.84. The smallest absolute Gasteiger partial charge is 0.118 e. The third-order valence-corrected chi connectivity index (χ3v) is 2.66. The van der Waals surface area contributed by atoms with Crippen LogP contribution >= 0.6 is 0 Å². The lowest BCUT2D eigenvalue weighted by atomic mass is 10.2. The molecule has 4 nitrogen and oxygen atoms in total. The molecule has 1 rings (SSSR count). The summed E-state index contributed by atoms with van der Waals surface area (Å²) in [6.45, 7) is 8.41. The first-order valence-electron chi connectivity index (χ1n) is 6.54. The molecule has 0 amide bonds. The predicted octanol–water partition coefficient (Wildman–Crippen LogP) is 4.15. The Bertz CT molecular complexity index is 414. The number of nitrogens with zero attached hydrogens (tertiary/aromatic N) is 3. The van der Waals surface area contributed by atoms with Crippen molar-refractivity contribution in [3.63, 3.8) is 0 Å². The van der Waals surface area contributed by atoms with Crippen molar-refractivity contribution in [1.82, 2.24) is 5.01 Å². The van der Waals surface area contributed by atoms with Crippen molar-refractivity contribution in [2.24, 2.45) is 10.3 Å². The van der Waals surface area contributed by atoms with Gasteiger partial charge >= 0.3 is 0 Å². The summed E-state index contributed by atoms with van der Waals surface area (Å²) < 4.78 is 5.11. The molecular formula is C15H23N3O. The minimum Gasteiger partial charge on any atom is -0.497 e. The molecule has 0 aliphatic heterocycles. The van der Waals surface area contributed by atoms with E-state index in [9.17, 15) is 0 Å². The van der Waals surface area contributed by atoms with Gasteiger partial charge in [0.25, 0.3) is 0 Å². The second kappa shape index (κ2) is 7.56. The summed E-state index contributed by atoms with van der Waals surface area (Å²) in [6.07, 6.45) is 3.63. The number of hydrogen-bond acceptors (Lipinski definition) is 3. The van der Waals surface area contributed by atoms with Gasteiger partial charge in [0.2, 0.25) is 0 Å². The maximum Gasteiger partial charge on any atom is 0.118 e. The zero-order valence-electron chi connectivity index (χ0n) is 12.4. The third kappa shape index (κ3) is 5.12. The van der Waals surface area contributed by atoms with Crippen LogP contribution in [0.25, 0.3) is 6.08 Å². The first-order chi connectivity index (χ1) is 9.04. The Morgan fingerprint density at radius 3 is 2.11 bits per heavy atom. The SMILES string of the molecule is COc1ccc(C=CN=NN(C(C)C)C(C)C)cc1. The molecule has 0 aliphatic carbocycles.